The molecule has 0 aliphatic carbocycles. The lowest BCUT2D eigenvalue weighted by atomic mass is 9.93. The van der Waals surface area contributed by atoms with Crippen LogP contribution >= 0.6 is 11.6 Å². The van der Waals surface area contributed by atoms with Crippen molar-refractivity contribution in [1.82, 2.24) is 24.3 Å². The molecule has 4 aromatic rings. The molecule has 194 valence electrons. The summed E-state index contributed by atoms with van der Waals surface area (Å²) < 4.78 is 51.6. The molecule has 2 N–H and O–H groups in total. The van der Waals surface area contributed by atoms with E-state index in [-0.39, 0.29) is 23.7 Å². The van der Waals surface area contributed by atoms with E-state index in [1.54, 1.807) is 48.5 Å². The van der Waals surface area contributed by atoms with Gasteiger partial charge in [0.1, 0.15) is 28.8 Å². The summed E-state index contributed by atoms with van der Waals surface area (Å²) in [6.07, 6.45) is 1.36. The zero-order valence-electron chi connectivity index (χ0n) is 19.8. The minimum atomic E-state index is -4.39. The molecule has 8 nitrogen and oxygen atoms in total. The molecule has 5 rings (SSSR count). The number of hydrogen-bond acceptors (Lipinski definition) is 6. The molecule has 0 amide bonds. The highest BCUT2D eigenvalue weighted by Gasteiger charge is 2.31. The van der Waals surface area contributed by atoms with E-state index in [0.29, 0.717) is 16.7 Å². The first-order valence-electron chi connectivity index (χ1n) is 11.6. The predicted molar refractivity (Wildman–Crippen MR) is 131 cm³/mol. The number of benzene rings is 2. The van der Waals surface area contributed by atoms with Crippen LogP contribution in [0.2, 0.25) is 5.15 Å². The fraction of sp³-hybridized carbons (Fsp3) is 0.320. The number of hydrogen-bond donors (Lipinski definition) is 1. The normalized spacial score (nSPS) is 17.8. The zero-order valence-corrected chi connectivity index (χ0v) is 20.6. The number of rotatable bonds is 6. The molecule has 1 aliphatic rings. The Kier molecular flexibility index (Phi) is 6.72. The first-order chi connectivity index (χ1) is 17.7. The van der Waals surface area contributed by atoms with Gasteiger partial charge in [-0.15, -0.1) is 5.10 Å². The number of anilines is 1. The van der Waals surface area contributed by atoms with Crippen LogP contribution in [0.4, 0.5) is 19.1 Å². The van der Waals surface area contributed by atoms with Gasteiger partial charge < -0.3 is 19.8 Å². The van der Waals surface area contributed by atoms with Crippen molar-refractivity contribution in [3.8, 4) is 17.2 Å². The van der Waals surface area contributed by atoms with E-state index in [0.717, 1.165) is 36.1 Å². The van der Waals surface area contributed by atoms with Gasteiger partial charge in [-0.1, -0.05) is 29.8 Å². The molecule has 0 fully saturated rings. The van der Waals surface area contributed by atoms with Gasteiger partial charge in [-0.3, -0.25) is 0 Å². The molecule has 0 bridgehead atoms. The van der Waals surface area contributed by atoms with Gasteiger partial charge >= 0.3 is 6.18 Å². The van der Waals surface area contributed by atoms with Crippen LogP contribution in [0.5, 0.6) is 11.5 Å². The standard InChI is InChI=1S/C25H24ClF3N6O2/c1-36-21-11-16(7-10-20(21)34-12-22(26)31-14-34)19-4-2-3-18(23-32-24(30)33-35(19)23)15-5-8-17(9-6-15)37-13-25(27,28)29/h5-12,14,18-19H,2-4,13H2,1H3,(H2,30,33). The Labute approximate surface area is 215 Å². The molecule has 0 saturated heterocycles. The van der Waals surface area contributed by atoms with Crippen LogP contribution in [0.15, 0.2) is 55.0 Å². The fourth-order valence-corrected chi connectivity index (χ4v) is 4.87. The number of imidazole rings is 1. The number of halogens is 4. The summed E-state index contributed by atoms with van der Waals surface area (Å²) in [5.74, 6) is 1.54. The third-order valence-corrected chi connectivity index (χ3v) is 6.55. The first-order valence-corrected chi connectivity index (χ1v) is 12.0. The fourth-order valence-electron chi connectivity index (χ4n) is 4.72. The molecule has 0 radical (unpaired) electrons. The lowest BCUT2D eigenvalue weighted by Crippen LogP contribution is -2.19. The number of methoxy groups -OCH3 is 1. The maximum atomic E-state index is 12.5. The largest absolute Gasteiger partial charge is 0.495 e. The topological polar surface area (TPSA) is 93.0 Å². The van der Waals surface area contributed by atoms with Crippen molar-refractivity contribution < 1.29 is 22.6 Å². The summed E-state index contributed by atoms with van der Waals surface area (Å²) in [7, 11) is 1.60. The molecule has 3 heterocycles. The lowest BCUT2D eigenvalue weighted by Gasteiger charge is -2.20. The molecule has 0 saturated carbocycles. The SMILES string of the molecule is COc1cc(C2CCCC(c3ccc(OCC(F)(F)F)cc3)c3nc(N)nn32)ccc1-n1cnc(Cl)c1. The zero-order chi connectivity index (χ0) is 26.2. The van der Waals surface area contributed by atoms with Crippen molar-refractivity contribution in [3.63, 3.8) is 0 Å². The van der Waals surface area contributed by atoms with Gasteiger partial charge in [-0.25, -0.2) is 9.67 Å². The maximum Gasteiger partial charge on any atom is 0.422 e. The molecule has 2 atom stereocenters. The first kappa shape index (κ1) is 24.9. The Morgan fingerprint density at radius 3 is 2.54 bits per heavy atom. The monoisotopic (exact) mass is 532 g/mol. The minimum Gasteiger partial charge on any atom is -0.495 e. The van der Waals surface area contributed by atoms with E-state index < -0.39 is 12.8 Å². The Balaban J connectivity index is 1.45. The van der Waals surface area contributed by atoms with Crippen LogP contribution in [0, 0.1) is 0 Å². The van der Waals surface area contributed by atoms with E-state index >= 15 is 0 Å². The molecule has 1 aliphatic heterocycles. The number of nitrogens with zero attached hydrogens (tertiary/aromatic N) is 5. The Hall–Kier alpha value is -3.73. The van der Waals surface area contributed by atoms with Crippen molar-refractivity contribution in [3.05, 3.63) is 77.1 Å². The summed E-state index contributed by atoms with van der Waals surface area (Å²) in [4.78, 5) is 8.61. The van der Waals surface area contributed by atoms with Crippen LogP contribution in [0.25, 0.3) is 5.69 Å². The van der Waals surface area contributed by atoms with Gasteiger partial charge in [0, 0.05) is 12.1 Å². The van der Waals surface area contributed by atoms with E-state index in [9.17, 15) is 13.2 Å². The highest BCUT2D eigenvalue weighted by atomic mass is 35.5. The second-order valence-electron chi connectivity index (χ2n) is 8.78. The number of fused-ring (bicyclic) bond motifs is 1. The second-order valence-corrected chi connectivity index (χ2v) is 9.17. The quantitative estimate of drug-likeness (QED) is 0.350. The molecule has 12 heteroatoms. The second kappa shape index (κ2) is 9.97. The summed E-state index contributed by atoms with van der Waals surface area (Å²) >= 11 is 5.99. The molecule has 37 heavy (non-hydrogen) atoms. The molecule has 2 aromatic heterocycles. The van der Waals surface area contributed by atoms with Gasteiger partial charge in [0.25, 0.3) is 0 Å². The summed E-state index contributed by atoms with van der Waals surface area (Å²) in [5, 5.41) is 4.90. The van der Waals surface area contributed by atoms with Gasteiger partial charge in [0.15, 0.2) is 6.61 Å². The van der Waals surface area contributed by atoms with E-state index in [1.165, 1.54) is 0 Å². The average Bonchev–Trinajstić information content (AvgIpc) is 3.43. The third-order valence-electron chi connectivity index (χ3n) is 6.35. The van der Waals surface area contributed by atoms with Gasteiger partial charge in [-0.05, 0) is 54.7 Å². The number of aromatic nitrogens is 5. The third kappa shape index (κ3) is 5.36. The van der Waals surface area contributed by atoms with E-state index in [1.807, 2.05) is 22.9 Å². The van der Waals surface area contributed by atoms with E-state index in [4.69, 9.17) is 26.8 Å². The minimum absolute atomic E-state index is 0.124. The average molecular weight is 533 g/mol. The van der Waals surface area contributed by atoms with Gasteiger partial charge in [0.2, 0.25) is 5.95 Å². The van der Waals surface area contributed by atoms with Crippen molar-refractivity contribution in [2.24, 2.45) is 0 Å². The Morgan fingerprint density at radius 1 is 1.11 bits per heavy atom. The van der Waals surface area contributed by atoms with Crippen LogP contribution in [0.3, 0.4) is 0 Å². The van der Waals surface area contributed by atoms with Crippen LogP contribution in [-0.2, 0) is 0 Å². The van der Waals surface area contributed by atoms with Crippen molar-refractivity contribution in [2.45, 2.75) is 37.4 Å². The molecule has 2 aromatic carbocycles. The van der Waals surface area contributed by atoms with Gasteiger partial charge in [0.05, 0.1) is 18.8 Å². The summed E-state index contributed by atoms with van der Waals surface area (Å²) in [5.41, 5.74) is 8.71. The van der Waals surface area contributed by atoms with Gasteiger partial charge in [-0.2, -0.15) is 18.2 Å². The smallest absolute Gasteiger partial charge is 0.422 e. The maximum absolute atomic E-state index is 12.5. The number of alkyl halides is 3. The number of nitrogens with two attached hydrogens (primary N) is 1. The Morgan fingerprint density at radius 2 is 1.86 bits per heavy atom. The Bertz CT molecular complexity index is 1390. The lowest BCUT2D eigenvalue weighted by molar-refractivity contribution is -0.153. The summed E-state index contributed by atoms with van der Waals surface area (Å²) in [6.45, 7) is -1.33. The van der Waals surface area contributed by atoms with Crippen LogP contribution < -0.4 is 15.2 Å². The van der Waals surface area contributed by atoms with Crippen LogP contribution in [-0.4, -0.2) is 44.2 Å². The predicted octanol–water partition coefficient (Wildman–Crippen LogP) is 5.55. The molecular weight excluding hydrogens is 509 g/mol. The van der Waals surface area contributed by atoms with Crippen molar-refractivity contribution in [2.75, 3.05) is 19.5 Å². The molecule has 0 spiro atoms. The van der Waals surface area contributed by atoms with Crippen LogP contribution in [0.1, 0.15) is 48.2 Å². The van der Waals surface area contributed by atoms with Crippen molar-refractivity contribution >= 4 is 17.5 Å². The highest BCUT2D eigenvalue weighted by molar-refractivity contribution is 6.29. The van der Waals surface area contributed by atoms with E-state index in [2.05, 4.69) is 15.1 Å². The highest BCUT2D eigenvalue weighted by Crippen LogP contribution is 2.40. The molecule has 2 unspecified atom stereocenters. The number of ether oxygens (including phenoxy) is 2. The summed E-state index contributed by atoms with van der Waals surface area (Å²) in [6, 6.07) is 12.4. The van der Waals surface area contributed by atoms with Crippen molar-refractivity contribution in [1.29, 1.82) is 0 Å². The number of nitrogen functional groups attached to an aromatic ring is 1. The molecular formula is C25H24ClF3N6O2.